The zero-order chi connectivity index (χ0) is 19.8. The number of carbonyl (C=O) groups excluding carboxylic acids is 1. The van der Waals surface area contributed by atoms with E-state index in [9.17, 15) is 4.79 Å². The molecule has 6 nitrogen and oxygen atoms in total. The average molecular weight is 376 g/mol. The van der Waals surface area contributed by atoms with Crippen molar-refractivity contribution >= 4 is 17.3 Å². The van der Waals surface area contributed by atoms with E-state index in [4.69, 9.17) is 4.74 Å². The first-order valence-electron chi connectivity index (χ1n) is 9.26. The summed E-state index contributed by atoms with van der Waals surface area (Å²) in [7, 11) is 1.79. The number of likely N-dealkylation sites (N-methyl/N-ethyl adjacent to an activating group) is 1. The number of nitrogens with zero attached hydrogens (tertiary/aromatic N) is 3. The highest BCUT2D eigenvalue weighted by Crippen LogP contribution is 2.27. The second-order valence-electron chi connectivity index (χ2n) is 6.32. The van der Waals surface area contributed by atoms with E-state index in [0.717, 1.165) is 29.1 Å². The number of amides is 1. The van der Waals surface area contributed by atoms with Gasteiger partial charge in [-0.1, -0.05) is 12.1 Å². The lowest BCUT2D eigenvalue weighted by molar-refractivity contribution is 0.0791. The van der Waals surface area contributed by atoms with Crippen molar-refractivity contribution in [2.24, 2.45) is 0 Å². The zero-order valence-electron chi connectivity index (χ0n) is 16.1. The van der Waals surface area contributed by atoms with Gasteiger partial charge in [-0.25, -0.2) is 0 Å². The van der Waals surface area contributed by atoms with Crippen LogP contribution in [-0.2, 0) is 6.42 Å². The van der Waals surface area contributed by atoms with Crippen molar-refractivity contribution in [2.45, 2.75) is 13.3 Å². The summed E-state index contributed by atoms with van der Waals surface area (Å²) >= 11 is 0. The van der Waals surface area contributed by atoms with Crippen molar-refractivity contribution in [2.75, 3.05) is 25.5 Å². The Labute approximate surface area is 165 Å². The monoisotopic (exact) mass is 376 g/mol. The van der Waals surface area contributed by atoms with Gasteiger partial charge >= 0.3 is 0 Å². The number of aromatic nitrogens is 2. The Balaban J connectivity index is 1.67. The molecule has 1 N–H and O–H groups in total. The predicted octanol–water partition coefficient (Wildman–Crippen LogP) is 3.93. The van der Waals surface area contributed by atoms with Crippen molar-refractivity contribution in [1.29, 1.82) is 0 Å². The number of hydrogen-bond donors (Lipinski definition) is 1. The van der Waals surface area contributed by atoms with E-state index in [1.54, 1.807) is 36.6 Å². The molecule has 3 aromatic rings. The Morgan fingerprint density at radius 3 is 2.68 bits per heavy atom. The van der Waals surface area contributed by atoms with Gasteiger partial charge in [-0.15, -0.1) is 0 Å². The highest BCUT2D eigenvalue weighted by Gasteiger charge is 2.14. The van der Waals surface area contributed by atoms with Crippen LogP contribution < -0.4 is 10.1 Å². The van der Waals surface area contributed by atoms with E-state index in [2.05, 4.69) is 15.3 Å². The first kappa shape index (κ1) is 19.4. The largest absolute Gasteiger partial charge is 0.492 e. The minimum absolute atomic E-state index is 0.115. The van der Waals surface area contributed by atoms with Gasteiger partial charge in [0, 0.05) is 37.9 Å². The summed E-state index contributed by atoms with van der Waals surface area (Å²) in [6.07, 6.45) is 5.92. The van der Waals surface area contributed by atoms with Crippen molar-refractivity contribution in [1.82, 2.24) is 14.9 Å². The molecule has 2 heterocycles. The standard InChI is InChI=1S/C22H24N4O2/c1-3-28-21-7-5-4-6-19(21)25-18-10-14-24-20(16-18)22(27)26(2)15-11-17-8-12-23-13-9-17/h4-10,12-14,16H,3,11,15H2,1-2H3,(H,24,25). The fraction of sp³-hybridized carbons (Fsp3) is 0.227. The Morgan fingerprint density at radius 2 is 1.89 bits per heavy atom. The molecule has 0 unspecified atom stereocenters. The van der Waals surface area contributed by atoms with E-state index in [1.165, 1.54) is 0 Å². The first-order chi connectivity index (χ1) is 13.7. The van der Waals surface area contributed by atoms with Crippen LogP contribution in [0.3, 0.4) is 0 Å². The maximum Gasteiger partial charge on any atom is 0.272 e. The second kappa shape index (κ2) is 9.50. The number of rotatable bonds is 8. The van der Waals surface area contributed by atoms with E-state index < -0.39 is 0 Å². The van der Waals surface area contributed by atoms with E-state index in [-0.39, 0.29) is 5.91 Å². The van der Waals surface area contributed by atoms with Crippen molar-refractivity contribution < 1.29 is 9.53 Å². The summed E-state index contributed by atoms with van der Waals surface area (Å²) in [6, 6.07) is 15.2. The highest BCUT2D eigenvalue weighted by molar-refractivity contribution is 5.93. The Hall–Kier alpha value is -3.41. The van der Waals surface area contributed by atoms with Crippen LogP contribution in [0.5, 0.6) is 5.75 Å². The van der Waals surface area contributed by atoms with E-state index in [0.29, 0.717) is 18.8 Å². The normalized spacial score (nSPS) is 10.4. The molecule has 1 aromatic carbocycles. The van der Waals surface area contributed by atoms with Gasteiger partial charge in [0.2, 0.25) is 0 Å². The molecule has 0 bridgehead atoms. The van der Waals surface area contributed by atoms with Crippen LogP contribution in [0, 0.1) is 0 Å². The molecule has 2 aromatic heterocycles. The quantitative estimate of drug-likeness (QED) is 0.645. The topological polar surface area (TPSA) is 67.3 Å². The summed E-state index contributed by atoms with van der Waals surface area (Å²) < 4.78 is 5.64. The molecule has 0 saturated heterocycles. The average Bonchev–Trinajstić information content (AvgIpc) is 2.74. The number of carbonyl (C=O) groups is 1. The molecular formula is C22H24N4O2. The second-order valence-corrected chi connectivity index (χ2v) is 6.32. The number of hydrogen-bond acceptors (Lipinski definition) is 5. The number of para-hydroxylation sites is 2. The molecule has 144 valence electrons. The fourth-order valence-corrected chi connectivity index (χ4v) is 2.78. The molecule has 0 aliphatic carbocycles. The molecule has 0 saturated carbocycles. The number of benzene rings is 1. The molecule has 28 heavy (non-hydrogen) atoms. The zero-order valence-corrected chi connectivity index (χ0v) is 16.1. The minimum Gasteiger partial charge on any atom is -0.492 e. The SMILES string of the molecule is CCOc1ccccc1Nc1ccnc(C(=O)N(C)CCc2ccncc2)c1. The first-order valence-corrected chi connectivity index (χ1v) is 9.26. The van der Waals surface area contributed by atoms with Gasteiger partial charge in [0.1, 0.15) is 11.4 Å². The number of nitrogens with one attached hydrogen (secondary N) is 1. The smallest absolute Gasteiger partial charge is 0.272 e. The van der Waals surface area contributed by atoms with Gasteiger partial charge < -0.3 is 15.0 Å². The van der Waals surface area contributed by atoms with Crippen LogP contribution in [0.25, 0.3) is 0 Å². The fourth-order valence-electron chi connectivity index (χ4n) is 2.78. The third kappa shape index (κ3) is 5.07. The Morgan fingerprint density at radius 1 is 1.11 bits per heavy atom. The van der Waals surface area contributed by atoms with E-state index >= 15 is 0 Å². The van der Waals surface area contributed by atoms with Gasteiger partial charge in [-0.05, 0) is 55.3 Å². The number of pyridine rings is 2. The lowest BCUT2D eigenvalue weighted by Gasteiger charge is -2.17. The van der Waals surface area contributed by atoms with Gasteiger partial charge in [-0.3, -0.25) is 14.8 Å². The van der Waals surface area contributed by atoms with Crippen molar-refractivity contribution in [3.05, 3.63) is 78.4 Å². The summed E-state index contributed by atoms with van der Waals surface area (Å²) in [6.45, 7) is 3.14. The summed E-state index contributed by atoms with van der Waals surface area (Å²) in [5.74, 6) is 0.653. The Bertz CT molecular complexity index is 915. The van der Waals surface area contributed by atoms with Crippen molar-refractivity contribution in [3.8, 4) is 5.75 Å². The molecule has 0 radical (unpaired) electrons. The predicted molar refractivity (Wildman–Crippen MR) is 110 cm³/mol. The Kier molecular flexibility index (Phi) is 6.57. The maximum absolute atomic E-state index is 12.7. The van der Waals surface area contributed by atoms with Crippen LogP contribution in [0.4, 0.5) is 11.4 Å². The molecule has 0 fully saturated rings. The summed E-state index contributed by atoms with van der Waals surface area (Å²) in [5.41, 5.74) is 3.18. The van der Waals surface area contributed by atoms with Gasteiger partial charge in [0.15, 0.2) is 0 Å². The van der Waals surface area contributed by atoms with Crippen LogP contribution >= 0.6 is 0 Å². The van der Waals surface area contributed by atoms with Gasteiger partial charge in [0.25, 0.3) is 5.91 Å². The number of anilines is 2. The highest BCUT2D eigenvalue weighted by atomic mass is 16.5. The van der Waals surface area contributed by atoms with Crippen LogP contribution in [0.15, 0.2) is 67.1 Å². The molecular weight excluding hydrogens is 352 g/mol. The summed E-state index contributed by atoms with van der Waals surface area (Å²) in [4.78, 5) is 22.7. The molecule has 1 amide bonds. The third-order valence-corrected chi connectivity index (χ3v) is 4.28. The molecule has 0 aliphatic rings. The number of ether oxygens (including phenoxy) is 1. The van der Waals surface area contributed by atoms with E-state index in [1.807, 2.05) is 49.4 Å². The molecule has 6 heteroatoms. The summed E-state index contributed by atoms with van der Waals surface area (Å²) in [5, 5.41) is 3.31. The van der Waals surface area contributed by atoms with Crippen LogP contribution in [0.2, 0.25) is 0 Å². The van der Waals surface area contributed by atoms with Gasteiger partial charge in [-0.2, -0.15) is 0 Å². The lowest BCUT2D eigenvalue weighted by atomic mass is 10.2. The third-order valence-electron chi connectivity index (χ3n) is 4.28. The minimum atomic E-state index is -0.115. The molecule has 0 spiro atoms. The lowest BCUT2D eigenvalue weighted by Crippen LogP contribution is -2.29. The van der Waals surface area contributed by atoms with Crippen molar-refractivity contribution in [3.63, 3.8) is 0 Å². The maximum atomic E-state index is 12.7. The molecule has 0 aliphatic heterocycles. The van der Waals surface area contributed by atoms with Crippen LogP contribution in [-0.4, -0.2) is 41.0 Å². The molecule has 3 rings (SSSR count). The van der Waals surface area contributed by atoms with Gasteiger partial charge in [0.05, 0.1) is 12.3 Å². The molecule has 0 atom stereocenters. The van der Waals surface area contributed by atoms with Crippen LogP contribution in [0.1, 0.15) is 23.0 Å².